The predicted octanol–water partition coefficient (Wildman–Crippen LogP) is 1.02. The van der Waals surface area contributed by atoms with Crippen LogP contribution in [0.5, 0.6) is 0 Å². The Morgan fingerprint density at radius 1 is 1.26 bits per heavy atom. The normalized spacial score (nSPS) is 13.5. The van der Waals surface area contributed by atoms with Crippen molar-refractivity contribution in [2.24, 2.45) is 0 Å². The number of carbonyl (C=O) groups is 2. The van der Waals surface area contributed by atoms with Gasteiger partial charge in [-0.15, -0.1) is 0 Å². The van der Waals surface area contributed by atoms with Crippen LogP contribution in [0, 0.1) is 6.92 Å². The van der Waals surface area contributed by atoms with Gasteiger partial charge in [-0.05, 0) is 19.4 Å². The number of carbonyl (C=O) groups excluding carboxylic acids is 2. The van der Waals surface area contributed by atoms with E-state index in [1.165, 1.54) is 5.48 Å². The maximum atomic E-state index is 12.0. The van der Waals surface area contributed by atoms with Crippen LogP contribution in [-0.4, -0.2) is 28.8 Å². The van der Waals surface area contributed by atoms with E-state index in [4.69, 9.17) is 5.21 Å². The minimum Gasteiger partial charge on any atom is -0.343 e. The van der Waals surface area contributed by atoms with Crippen LogP contribution in [0.15, 0.2) is 24.3 Å². The van der Waals surface area contributed by atoms with Gasteiger partial charge in [0.05, 0.1) is 5.92 Å². The van der Waals surface area contributed by atoms with Crippen LogP contribution in [0.1, 0.15) is 24.0 Å². The van der Waals surface area contributed by atoms with Gasteiger partial charge in [0.25, 0.3) is 5.91 Å². The van der Waals surface area contributed by atoms with E-state index in [-0.39, 0.29) is 17.6 Å². The molecule has 2 amide bonds. The molecule has 0 aliphatic rings. The van der Waals surface area contributed by atoms with Gasteiger partial charge in [-0.1, -0.05) is 29.8 Å². The SMILES string of the molecule is Cc1ccc(C(C)C(=O)N[C@@H](CS)C(=O)NO)cc1. The smallest absolute Gasteiger partial charge is 0.266 e. The van der Waals surface area contributed by atoms with Crippen molar-refractivity contribution in [3.8, 4) is 0 Å². The third-order valence-electron chi connectivity index (χ3n) is 2.90. The van der Waals surface area contributed by atoms with E-state index in [2.05, 4.69) is 17.9 Å². The first-order valence-electron chi connectivity index (χ1n) is 5.91. The summed E-state index contributed by atoms with van der Waals surface area (Å²) in [5, 5.41) is 11.1. The van der Waals surface area contributed by atoms with Gasteiger partial charge in [0.15, 0.2) is 0 Å². The van der Waals surface area contributed by atoms with Gasteiger partial charge in [0.2, 0.25) is 5.91 Å². The summed E-state index contributed by atoms with van der Waals surface area (Å²) in [5.41, 5.74) is 3.49. The maximum Gasteiger partial charge on any atom is 0.266 e. The Morgan fingerprint density at radius 2 is 1.84 bits per heavy atom. The molecule has 104 valence electrons. The van der Waals surface area contributed by atoms with E-state index >= 15 is 0 Å². The summed E-state index contributed by atoms with van der Waals surface area (Å²) in [6, 6.07) is 6.75. The molecule has 1 aromatic rings. The van der Waals surface area contributed by atoms with Crippen LogP contribution in [0.25, 0.3) is 0 Å². The molecular formula is C13H18N2O3S. The molecule has 0 spiro atoms. The van der Waals surface area contributed by atoms with E-state index in [0.29, 0.717) is 0 Å². The van der Waals surface area contributed by atoms with Crippen molar-refractivity contribution in [3.05, 3.63) is 35.4 Å². The highest BCUT2D eigenvalue weighted by Crippen LogP contribution is 2.16. The number of hydrogen-bond acceptors (Lipinski definition) is 4. The molecule has 5 nitrogen and oxygen atoms in total. The highest BCUT2D eigenvalue weighted by atomic mass is 32.1. The molecule has 6 heteroatoms. The fourth-order valence-corrected chi connectivity index (χ4v) is 1.83. The fraction of sp³-hybridized carbons (Fsp3) is 0.385. The molecule has 0 heterocycles. The molecule has 0 radical (unpaired) electrons. The van der Waals surface area contributed by atoms with Gasteiger partial charge in [-0.3, -0.25) is 14.8 Å². The maximum absolute atomic E-state index is 12.0. The van der Waals surface area contributed by atoms with Gasteiger partial charge >= 0.3 is 0 Å². The lowest BCUT2D eigenvalue weighted by Crippen LogP contribution is -2.48. The Balaban J connectivity index is 2.71. The molecule has 1 unspecified atom stereocenters. The summed E-state index contributed by atoms with van der Waals surface area (Å²) in [4.78, 5) is 23.3. The molecule has 0 aliphatic heterocycles. The van der Waals surface area contributed by atoms with Crippen molar-refractivity contribution in [1.29, 1.82) is 0 Å². The zero-order valence-corrected chi connectivity index (χ0v) is 11.8. The van der Waals surface area contributed by atoms with Crippen LogP contribution < -0.4 is 10.8 Å². The van der Waals surface area contributed by atoms with Crippen LogP contribution in [0.3, 0.4) is 0 Å². The summed E-state index contributed by atoms with van der Waals surface area (Å²) < 4.78 is 0. The second kappa shape index (κ2) is 7.16. The van der Waals surface area contributed by atoms with Gasteiger partial charge in [-0.25, -0.2) is 5.48 Å². The number of amides is 2. The third-order valence-corrected chi connectivity index (χ3v) is 3.26. The lowest BCUT2D eigenvalue weighted by atomic mass is 9.99. The molecule has 0 fully saturated rings. The lowest BCUT2D eigenvalue weighted by molar-refractivity contribution is -0.134. The number of hydroxylamine groups is 1. The number of hydrogen-bond donors (Lipinski definition) is 4. The van der Waals surface area contributed by atoms with Crippen molar-refractivity contribution in [1.82, 2.24) is 10.8 Å². The average Bonchev–Trinajstić information content (AvgIpc) is 2.43. The molecular weight excluding hydrogens is 264 g/mol. The summed E-state index contributed by atoms with van der Waals surface area (Å²) in [7, 11) is 0. The summed E-state index contributed by atoms with van der Waals surface area (Å²) >= 11 is 3.97. The Labute approximate surface area is 117 Å². The first kappa shape index (κ1) is 15.5. The molecule has 0 aliphatic carbocycles. The van der Waals surface area contributed by atoms with Crippen molar-refractivity contribution in [3.63, 3.8) is 0 Å². The second-order valence-electron chi connectivity index (χ2n) is 4.35. The van der Waals surface area contributed by atoms with Crippen molar-refractivity contribution in [2.75, 3.05) is 5.75 Å². The third kappa shape index (κ3) is 4.25. The van der Waals surface area contributed by atoms with E-state index in [1.807, 2.05) is 31.2 Å². The predicted molar refractivity (Wildman–Crippen MR) is 75.3 cm³/mol. The average molecular weight is 282 g/mol. The molecule has 1 rings (SSSR count). The monoisotopic (exact) mass is 282 g/mol. The minimum absolute atomic E-state index is 0.110. The first-order valence-corrected chi connectivity index (χ1v) is 6.54. The standard InChI is InChI=1S/C13H18N2O3S/c1-8-3-5-10(6-4-8)9(2)12(16)14-11(7-19)13(17)15-18/h3-6,9,11,18-19H,7H2,1-2H3,(H,14,16)(H,15,17)/t9?,11-/m0/s1. The Kier molecular flexibility index (Phi) is 5.85. The summed E-state index contributed by atoms with van der Waals surface area (Å²) in [5.74, 6) is -1.24. The minimum atomic E-state index is -0.853. The van der Waals surface area contributed by atoms with Crippen molar-refractivity contribution in [2.45, 2.75) is 25.8 Å². The quantitative estimate of drug-likeness (QED) is 0.370. The van der Waals surface area contributed by atoms with Crippen LogP contribution >= 0.6 is 12.6 Å². The van der Waals surface area contributed by atoms with Gasteiger partial charge in [0.1, 0.15) is 6.04 Å². The van der Waals surface area contributed by atoms with Crippen molar-refractivity contribution >= 4 is 24.4 Å². The highest BCUT2D eigenvalue weighted by molar-refractivity contribution is 7.80. The number of rotatable bonds is 5. The molecule has 0 aromatic heterocycles. The molecule has 0 saturated heterocycles. The number of thiol groups is 1. The molecule has 2 atom stereocenters. The largest absolute Gasteiger partial charge is 0.343 e. The van der Waals surface area contributed by atoms with E-state index in [1.54, 1.807) is 6.92 Å². The molecule has 19 heavy (non-hydrogen) atoms. The second-order valence-corrected chi connectivity index (χ2v) is 4.72. The van der Waals surface area contributed by atoms with Crippen LogP contribution in [0.2, 0.25) is 0 Å². The molecule has 0 saturated carbocycles. The van der Waals surface area contributed by atoms with E-state index < -0.39 is 11.9 Å². The molecule has 1 aromatic carbocycles. The Hall–Kier alpha value is -1.53. The fourth-order valence-electron chi connectivity index (χ4n) is 1.58. The topological polar surface area (TPSA) is 78.4 Å². The first-order chi connectivity index (χ1) is 8.99. The van der Waals surface area contributed by atoms with Gasteiger partial charge in [-0.2, -0.15) is 12.6 Å². The Morgan fingerprint density at radius 3 is 2.32 bits per heavy atom. The number of aryl methyl sites for hydroxylation is 1. The number of nitrogens with one attached hydrogen (secondary N) is 2. The summed E-state index contributed by atoms with van der Waals surface area (Å²) in [6.07, 6.45) is 0. The zero-order valence-electron chi connectivity index (χ0n) is 10.9. The zero-order chi connectivity index (χ0) is 14.4. The van der Waals surface area contributed by atoms with E-state index in [9.17, 15) is 9.59 Å². The highest BCUT2D eigenvalue weighted by Gasteiger charge is 2.22. The van der Waals surface area contributed by atoms with Crippen molar-refractivity contribution < 1.29 is 14.8 Å². The number of benzene rings is 1. The summed E-state index contributed by atoms with van der Waals surface area (Å²) in [6.45, 7) is 3.73. The Bertz CT molecular complexity index is 448. The van der Waals surface area contributed by atoms with Gasteiger partial charge < -0.3 is 5.32 Å². The lowest BCUT2D eigenvalue weighted by Gasteiger charge is -2.18. The molecule has 0 bridgehead atoms. The van der Waals surface area contributed by atoms with Crippen LogP contribution in [0.4, 0.5) is 0 Å². The van der Waals surface area contributed by atoms with Gasteiger partial charge in [0, 0.05) is 5.75 Å². The van der Waals surface area contributed by atoms with Crippen LogP contribution in [-0.2, 0) is 9.59 Å². The molecule has 3 N–H and O–H groups in total. The van der Waals surface area contributed by atoms with E-state index in [0.717, 1.165) is 11.1 Å².